The van der Waals surface area contributed by atoms with Crippen molar-refractivity contribution < 1.29 is 33.8 Å². The van der Waals surface area contributed by atoms with Crippen molar-refractivity contribution in [2.75, 3.05) is 49.5 Å². The predicted molar refractivity (Wildman–Crippen MR) is 233 cm³/mol. The van der Waals surface area contributed by atoms with Gasteiger partial charge in [-0.15, -0.1) is 0 Å². The number of benzene rings is 4. The van der Waals surface area contributed by atoms with Gasteiger partial charge in [0.1, 0.15) is 13.2 Å². The maximum Gasteiger partial charge on any atom is 0.410 e. The average molecular weight is 807 g/mol. The zero-order valence-corrected chi connectivity index (χ0v) is 34.8. The molecule has 0 spiro atoms. The number of carboxylic acid groups (broad SMARTS) is 1. The lowest BCUT2D eigenvalue weighted by Crippen LogP contribution is -2.41. The van der Waals surface area contributed by atoms with Gasteiger partial charge in [0.25, 0.3) is 0 Å². The number of aliphatic carboxylic acids is 1. The normalized spacial score (nSPS) is 16.3. The summed E-state index contributed by atoms with van der Waals surface area (Å²) in [6, 6.07) is 39.6. The Morgan fingerprint density at radius 2 is 1.07 bits per heavy atom. The van der Waals surface area contributed by atoms with Gasteiger partial charge in [0.05, 0.1) is 0 Å². The average Bonchev–Trinajstić information content (AvgIpc) is 3.69. The van der Waals surface area contributed by atoms with Crippen molar-refractivity contribution in [3.8, 4) is 0 Å². The number of hydrogen-bond acceptors (Lipinski definition) is 7. The molecule has 2 saturated heterocycles. The van der Waals surface area contributed by atoms with Crippen LogP contribution in [0.1, 0.15) is 76.3 Å². The number of ether oxygens (including phenoxy) is 2. The van der Waals surface area contributed by atoms with Crippen LogP contribution in [0.2, 0.25) is 0 Å². The highest BCUT2D eigenvalue weighted by Crippen LogP contribution is 2.23. The lowest BCUT2D eigenvalue weighted by Gasteiger charge is -2.29. The van der Waals surface area contributed by atoms with Gasteiger partial charge in [-0.2, -0.15) is 0 Å². The highest BCUT2D eigenvalue weighted by Gasteiger charge is 2.27. The van der Waals surface area contributed by atoms with Crippen molar-refractivity contribution >= 4 is 35.4 Å². The van der Waals surface area contributed by atoms with Crippen LogP contribution in [0, 0.1) is 11.8 Å². The quantitative estimate of drug-likeness (QED) is 0.145. The van der Waals surface area contributed by atoms with E-state index < -0.39 is 5.97 Å². The summed E-state index contributed by atoms with van der Waals surface area (Å²) >= 11 is 0. The summed E-state index contributed by atoms with van der Waals surface area (Å²) in [6.45, 7) is 8.48. The summed E-state index contributed by atoms with van der Waals surface area (Å²) in [7, 11) is 0. The third kappa shape index (κ3) is 17.3. The van der Waals surface area contributed by atoms with Gasteiger partial charge in [0, 0.05) is 63.5 Å². The SMILES string of the molecule is CCC(=O)N(CC1CCCCN(C(=O)OCc2ccccc2)C1)c1ccccc1.CCC(=O)O.O=C(OCc1ccccc1)N1CCCCC(CNc2ccccc2)C1. The zero-order chi connectivity index (χ0) is 42.1. The fourth-order valence-electron chi connectivity index (χ4n) is 6.95. The number of amides is 3. The first kappa shape index (κ1) is 45.9. The van der Waals surface area contributed by atoms with E-state index in [1.807, 2.05) is 126 Å². The lowest BCUT2D eigenvalue weighted by molar-refractivity contribution is -0.136. The van der Waals surface area contributed by atoms with E-state index in [2.05, 4.69) is 17.4 Å². The summed E-state index contributed by atoms with van der Waals surface area (Å²) in [5.41, 5.74) is 4.05. The van der Waals surface area contributed by atoms with Crippen LogP contribution in [0.4, 0.5) is 21.0 Å². The van der Waals surface area contributed by atoms with Crippen LogP contribution in [-0.4, -0.2) is 78.2 Å². The molecule has 4 aromatic carbocycles. The highest BCUT2D eigenvalue weighted by molar-refractivity contribution is 5.93. The van der Waals surface area contributed by atoms with Crippen LogP contribution in [0.15, 0.2) is 121 Å². The maximum absolute atomic E-state index is 12.6. The predicted octanol–water partition coefficient (Wildman–Crippen LogP) is 9.89. The molecule has 0 bridgehead atoms. The molecule has 6 rings (SSSR count). The number of nitrogens with zero attached hydrogens (tertiary/aromatic N) is 3. The van der Waals surface area contributed by atoms with Crippen molar-refractivity contribution in [1.82, 2.24) is 9.80 Å². The molecule has 2 heterocycles. The molecule has 2 atom stereocenters. The van der Waals surface area contributed by atoms with Crippen molar-refractivity contribution in [3.05, 3.63) is 132 Å². The molecule has 59 heavy (non-hydrogen) atoms. The molecular weight excluding hydrogens is 745 g/mol. The summed E-state index contributed by atoms with van der Waals surface area (Å²) in [6.07, 6.45) is 6.57. The second kappa shape index (κ2) is 26.2. The number of para-hydroxylation sites is 2. The Balaban J connectivity index is 0.000000236. The van der Waals surface area contributed by atoms with Crippen LogP contribution in [-0.2, 0) is 32.3 Å². The van der Waals surface area contributed by atoms with E-state index in [9.17, 15) is 19.2 Å². The lowest BCUT2D eigenvalue weighted by atomic mass is 10.0. The molecule has 4 aromatic rings. The monoisotopic (exact) mass is 806 g/mol. The molecule has 0 saturated carbocycles. The molecule has 316 valence electrons. The van der Waals surface area contributed by atoms with Gasteiger partial charge in [0.2, 0.25) is 5.91 Å². The second-order valence-electron chi connectivity index (χ2n) is 14.9. The molecule has 0 radical (unpaired) electrons. The van der Waals surface area contributed by atoms with Crippen LogP contribution < -0.4 is 10.2 Å². The Hall–Kier alpha value is -5.84. The van der Waals surface area contributed by atoms with E-state index in [4.69, 9.17) is 14.6 Å². The molecule has 11 heteroatoms. The molecule has 11 nitrogen and oxygen atoms in total. The molecule has 3 amide bonds. The van der Waals surface area contributed by atoms with E-state index in [0.717, 1.165) is 80.7 Å². The Bertz CT molecular complexity index is 1800. The minimum atomic E-state index is -0.745. The second-order valence-corrected chi connectivity index (χ2v) is 14.9. The van der Waals surface area contributed by atoms with Gasteiger partial charge in [-0.25, -0.2) is 9.59 Å². The van der Waals surface area contributed by atoms with Crippen LogP contribution >= 0.6 is 0 Å². The summed E-state index contributed by atoms with van der Waals surface area (Å²) < 4.78 is 11.0. The topological polar surface area (TPSA) is 129 Å². The first-order valence-electron chi connectivity index (χ1n) is 21.0. The molecule has 2 unspecified atom stereocenters. The van der Waals surface area contributed by atoms with E-state index in [-0.39, 0.29) is 37.0 Å². The number of carbonyl (C=O) groups excluding carboxylic acids is 3. The van der Waals surface area contributed by atoms with Crippen LogP contribution in [0.3, 0.4) is 0 Å². The van der Waals surface area contributed by atoms with Gasteiger partial charge in [-0.1, -0.05) is 124 Å². The highest BCUT2D eigenvalue weighted by atomic mass is 16.6. The van der Waals surface area contributed by atoms with Gasteiger partial charge in [0.15, 0.2) is 0 Å². The standard InChI is InChI=1S/C24H30N2O3.C21H26N2O2.C3H6O2/c1-2-23(27)26(22-14-7-4-8-15-22)18-21-13-9-10-16-25(17-21)24(28)29-19-20-11-5-3-6-12-20;24-21(25-17-18-9-3-1-4-10-18)23-14-8-7-11-19(16-23)15-22-20-12-5-2-6-13-20;1-2-3(4)5/h3-8,11-12,14-15,21H,2,9-10,13,16-19H2,1H3;1-6,9-10,12-13,19,22H,7-8,11,14-17H2;2H2,1H3,(H,4,5). The van der Waals surface area contributed by atoms with Crippen LogP contribution in [0.5, 0.6) is 0 Å². The number of likely N-dealkylation sites (tertiary alicyclic amines) is 2. The van der Waals surface area contributed by atoms with Gasteiger partial charge in [-0.3, -0.25) is 9.59 Å². The van der Waals surface area contributed by atoms with E-state index >= 15 is 0 Å². The molecule has 2 fully saturated rings. The largest absolute Gasteiger partial charge is 0.481 e. The minimum absolute atomic E-state index is 0.110. The summed E-state index contributed by atoms with van der Waals surface area (Å²) in [5.74, 6) is 0.0492. The number of hydrogen-bond donors (Lipinski definition) is 2. The fraction of sp³-hybridized carbons (Fsp3) is 0.417. The molecule has 2 aliphatic heterocycles. The van der Waals surface area contributed by atoms with Crippen molar-refractivity contribution in [2.24, 2.45) is 11.8 Å². The Labute approximate surface area is 350 Å². The Kier molecular flexibility index (Phi) is 20.4. The van der Waals surface area contributed by atoms with E-state index in [0.29, 0.717) is 38.6 Å². The maximum atomic E-state index is 12.6. The number of carboxylic acids is 1. The zero-order valence-electron chi connectivity index (χ0n) is 34.8. The first-order valence-corrected chi connectivity index (χ1v) is 21.0. The van der Waals surface area contributed by atoms with Gasteiger partial charge < -0.3 is 34.6 Å². The summed E-state index contributed by atoms with van der Waals surface area (Å²) in [4.78, 5) is 52.5. The van der Waals surface area contributed by atoms with Gasteiger partial charge in [-0.05, 0) is 72.9 Å². The molecular formula is C48H62N4O7. The van der Waals surface area contributed by atoms with Crippen molar-refractivity contribution in [3.63, 3.8) is 0 Å². The third-order valence-corrected chi connectivity index (χ3v) is 10.2. The van der Waals surface area contributed by atoms with Crippen molar-refractivity contribution in [2.45, 2.75) is 78.4 Å². The van der Waals surface area contributed by atoms with Crippen molar-refractivity contribution in [1.29, 1.82) is 0 Å². The number of carbonyl (C=O) groups is 4. The third-order valence-electron chi connectivity index (χ3n) is 10.2. The van der Waals surface area contributed by atoms with Gasteiger partial charge >= 0.3 is 18.2 Å². The Morgan fingerprint density at radius 1 is 0.627 bits per heavy atom. The van der Waals surface area contributed by atoms with Crippen LogP contribution in [0.25, 0.3) is 0 Å². The van der Waals surface area contributed by atoms with E-state index in [1.54, 1.807) is 11.8 Å². The number of anilines is 2. The number of rotatable bonds is 12. The first-order chi connectivity index (χ1) is 28.7. The smallest absolute Gasteiger partial charge is 0.410 e. The molecule has 0 aromatic heterocycles. The number of nitrogens with one attached hydrogen (secondary N) is 1. The minimum Gasteiger partial charge on any atom is -0.481 e. The molecule has 2 N–H and O–H groups in total. The fourth-order valence-corrected chi connectivity index (χ4v) is 6.95. The Morgan fingerprint density at radius 3 is 1.54 bits per heavy atom. The van der Waals surface area contributed by atoms with E-state index in [1.165, 1.54) is 0 Å². The summed E-state index contributed by atoms with van der Waals surface area (Å²) in [5, 5.41) is 11.2. The molecule has 0 aliphatic carbocycles. The molecule has 2 aliphatic rings.